The molecular formula is C21H22F6N8OS. The van der Waals surface area contributed by atoms with Crippen molar-refractivity contribution in [2.45, 2.75) is 52.1 Å². The van der Waals surface area contributed by atoms with Crippen molar-refractivity contribution < 1.29 is 31.1 Å². The van der Waals surface area contributed by atoms with Gasteiger partial charge in [-0.2, -0.15) is 31.4 Å². The first-order valence-corrected chi connectivity index (χ1v) is 12.0. The lowest BCUT2D eigenvalue weighted by Gasteiger charge is -2.42. The lowest BCUT2D eigenvalue weighted by atomic mass is 10.1. The molecule has 0 aromatic carbocycles. The number of anilines is 1. The Bertz CT molecular complexity index is 1270. The summed E-state index contributed by atoms with van der Waals surface area (Å²) in [7, 11) is 0. The van der Waals surface area contributed by atoms with Gasteiger partial charge in [-0.1, -0.05) is 18.3 Å². The number of aromatic nitrogens is 6. The van der Waals surface area contributed by atoms with Crippen molar-refractivity contribution in [3.8, 4) is 11.3 Å². The molecule has 16 heteroatoms. The Balaban J connectivity index is 1.60. The fourth-order valence-corrected chi connectivity index (χ4v) is 5.07. The SMILES string of the molecule is CCC1CN(c2sc(C(F)(F)F)nc2-c2cnc(C(F)(F)F)nc2)CCN1C(=O)Cn1nc(C)nc1C. The molecule has 1 amide bonds. The van der Waals surface area contributed by atoms with E-state index in [0.29, 0.717) is 29.4 Å². The maximum Gasteiger partial charge on any atom is 0.451 e. The van der Waals surface area contributed by atoms with Gasteiger partial charge in [0, 0.05) is 43.6 Å². The number of halogens is 6. The Labute approximate surface area is 211 Å². The average molecular weight is 549 g/mol. The van der Waals surface area contributed by atoms with Crippen molar-refractivity contribution in [3.05, 3.63) is 34.9 Å². The lowest BCUT2D eigenvalue weighted by molar-refractivity contribution is -0.145. The zero-order valence-corrected chi connectivity index (χ0v) is 20.7. The predicted octanol–water partition coefficient (Wildman–Crippen LogP) is 3.97. The fourth-order valence-electron chi connectivity index (χ4n) is 4.08. The normalized spacial score (nSPS) is 16.9. The van der Waals surface area contributed by atoms with E-state index in [1.807, 2.05) is 6.92 Å². The Hall–Kier alpha value is -3.30. The minimum Gasteiger partial charge on any atom is -0.358 e. The number of aryl methyl sites for hydroxylation is 2. The summed E-state index contributed by atoms with van der Waals surface area (Å²) in [5.41, 5.74) is -0.229. The highest BCUT2D eigenvalue weighted by Gasteiger charge is 2.39. The second-order valence-corrected chi connectivity index (χ2v) is 9.40. The van der Waals surface area contributed by atoms with Crippen LogP contribution in [0.1, 0.15) is 35.8 Å². The van der Waals surface area contributed by atoms with Crippen LogP contribution in [0.2, 0.25) is 0 Å². The van der Waals surface area contributed by atoms with E-state index in [9.17, 15) is 31.1 Å². The highest BCUT2D eigenvalue weighted by atomic mass is 32.1. The van der Waals surface area contributed by atoms with Crippen LogP contribution in [-0.2, 0) is 23.7 Å². The van der Waals surface area contributed by atoms with Crippen LogP contribution in [0.5, 0.6) is 0 Å². The number of hydrogen-bond acceptors (Lipinski definition) is 8. The van der Waals surface area contributed by atoms with Gasteiger partial charge in [-0.15, -0.1) is 0 Å². The van der Waals surface area contributed by atoms with Crippen molar-refractivity contribution in [3.63, 3.8) is 0 Å². The van der Waals surface area contributed by atoms with E-state index in [1.54, 1.807) is 23.6 Å². The van der Waals surface area contributed by atoms with Crippen LogP contribution >= 0.6 is 11.3 Å². The number of amides is 1. The summed E-state index contributed by atoms with van der Waals surface area (Å²) in [5, 5.41) is 3.19. The number of thiazole rings is 1. The van der Waals surface area contributed by atoms with Crippen LogP contribution in [-0.4, -0.2) is 66.2 Å². The Morgan fingerprint density at radius 2 is 1.73 bits per heavy atom. The second-order valence-electron chi connectivity index (χ2n) is 8.42. The molecule has 0 spiro atoms. The highest BCUT2D eigenvalue weighted by molar-refractivity contribution is 7.16. The molecule has 1 fully saturated rings. The van der Waals surface area contributed by atoms with Gasteiger partial charge in [0.05, 0.1) is 0 Å². The molecule has 200 valence electrons. The minimum absolute atomic E-state index is 0.0178. The van der Waals surface area contributed by atoms with E-state index in [0.717, 1.165) is 12.4 Å². The van der Waals surface area contributed by atoms with Gasteiger partial charge in [0.2, 0.25) is 16.7 Å². The third-order valence-corrected chi connectivity index (χ3v) is 7.00. The number of carbonyl (C=O) groups is 1. The molecule has 3 aromatic heterocycles. The third kappa shape index (κ3) is 5.67. The van der Waals surface area contributed by atoms with Gasteiger partial charge in [-0.05, 0) is 20.3 Å². The molecule has 37 heavy (non-hydrogen) atoms. The van der Waals surface area contributed by atoms with Crippen molar-refractivity contribution in [2.24, 2.45) is 0 Å². The summed E-state index contributed by atoms with van der Waals surface area (Å²) in [4.78, 5) is 30.8. The summed E-state index contributed by atoms with van der Waals surface area (Å²) in [6.45, 7) is 5.93. The van der Waals surface area contributed by atoms with E-state index in [-0.39, 0.29) is 54.4 Å². The zero-order valence-electron chi connectivity index (χ0n) is 19.9. The van der Waals surface area contributed by atoms with Crippen LogP contribution in [0.25, 0.3) is 11.3 Å². The third-order valence-electron chi connectivity index (χ3n) is 5.84. The molecule has 1 aliphatic heterocycles. The van der Waals surface area contributed by atoms with Gasteiger partial charge in [0.1, 0.15) is 28.9 Å². The number of piperazine rings is 1. The summed E-state index contributed by atoms with van der Waals surface area (Å²) in [6, 6.07) is -0.320. The average Bonchev–Trinajstić information content (AvgIpc) is 3.41. The van der Waals surface area contributed by atoms with Gasteiger partial charge >= 0.3 is 12.4 Å². The van der Waals surface area contributed by atoms with Crippen LogP contribution in [0.4, 0.5) is 31.3 Å². The predicted molar refractivity (Wildman–Crippen MR) is 121 cm³/mol. The molecule has 1 unspecified atom stereocenters. The summed E-state index contributed by atoms with van der Waals surface area (Å²) in [5.74, 6) is -0.478. The molecule has 0 bridgehead atoms. The minimum atomic E-state index is -4.79. The zero-order chi connectivity index (χ0) is 27.1. The van der Waals surface area contributed by atoms with Crippen molar-refractivity contribution in [1.29, 1.82) is 0 Å². The fraction of sp³-hybridized carbons (Fsp3) is 0.524. The molecule has 4 heterocycles. The van der Waals surface area contributed by atoms with E-state index >= 15 is 0 Å². The van der Waals surface area contributed by atoms with Crippen molar-refractivity contribution >= 4 is 22.2 Å². The topological polar surface area (TPSA) is 92.9 Å². The molecule has 1 saturated heterocycles. The Morgan fingerprint density at radius 3 is 2.27 bits per heavy atom. The molecule has 0 N–H and O–H groups in total. The lowest BCUT2D eigenvalue weighted by Crippen LogP contribution is -2.55. The number of rotatable bonds is 5. The van der Waals surface area contributed by atoms with Gasteiger partial charge in [0.25, 0.3) is 0 Å². The van der Waals surface area contributed by atoms with Gasteiger partial charge in [-0.3, -0.25) is 4.79 Å². The van der Waals surface area contributed by atoms with E-state index in [1.165, 1.54) is 4.68 Å². The molecule has 1 aliphatic rings. The van der Waals surface area contributed by atoms with Crippen LogP contribution in [0.15, 0.2) is 12.4 Å². The maximum atomic E-state index is 13.5. The summed E-state index contributed by atoms with van der Waals surface area (Å²) < 4.78 is 80.6. The first kappa shape index (κ1) is 26.8. The first-order valence-electron chi connectivity index (χ1n) is 11.2. The number of hydrogen-bond donors (Lipinski definition) is 0. The monoisotopic (exact) mass is 548 g/mol. The number of carbonyl (C=O) groups excluding carboxylic acids is 1. The molecule has 4 rings (SSSR count). The van der Waals surface area contributed by atoms with Crippen LogP contribution in [0, 0.1) is 13.8 Å². The van der Waals surface area contributed by atoms with E-state index in [4.69, 9.17) is 0 Å². The van der Waals surface area contributed by atoms with Gasteiger partial charge in [0.15, 0.2) is 0 Å². The van der Waals surface area contributed by atoms with Gasteiger partial charge in [-0.25, -0.2) is 24.6 Å². The quantitative estimate of drug-likeness (QED) is 0.446. The summed E-state index contributed by atoms with van der Waals surface area (Å²) >= 11 is 0.393. The maximum absolute atomic E-state index is 13.5. The molecular weight excluding hydrogens is 526 g/mol. The molecule has 1 atom stereocenters. The van der Waals surface area contributed by atoms with Crippen LogP contribution in [0.3, 0.4) is 0 Å². The van der Waals surface area contributed by atoms with Crippen molar-refractivity contribution in [2.75, 3.05) is 24.5 Å². The van der Waals surface area contributed by atoms with E-state index in [2.05, 4.69) is 25.0 Å². The number of nitrogens with zero attached hydrogens (tertiary/aromatic N) is 8. The van der Waals surface area contributed by atoms with Crippen LogP contribution < -0.4 is 4.90 Å². The molecule has 0 aliphatic carbocycles. The van der Waals surface area contributed by atoms with E-state index < -0.39 is 23.2 Å². The number of alkyl halides is 6. The standard InChI is InChI=1S/C21H22F6N8OS/c1-4-14-9-33(5-6-34(14)15(36)10-35-12(3)30-11(2)32-35)17-16(31-19(37-17)21(25,26)27)13-7-28-18(29-8-13)20(22,23)24/h7-8,14H,4-6,9-10H2,1-3H3. The Morgan fingerprint density at radius 1 is 1.05 bits per heavy atom. The smallest absolute Gasteiger partial charge is 0.358 e. The van der Waals surface area contributed by atoms with Gasteiger partial charge < -0.3 is 9.80 Å². The molecule has 0 radical (unpaired) electrons. The largest absolute Gasteiger partial charge is 0.451 e. The molecule has 9 nitrogen and oxygen atoms in total. The Kier molecular flexibility index (Phi) is 7.14. The first-order chi connectivity index (χ1) is 17.3. The second kappa shape index (κ2) is 9.87. The van der Waals surface area contributed by atoms with Crippen molar-refractivity contribution in [1.82, 2.24) is 34.6 Å². The summed E-state index contributed by atoms with van der Waals surface area (Å²) in [6.07, 6.45) is -7.38. The highest BCUT2D eigenvalue weighted by Crippen LogP contribution is 2.43. The molecule has 3 aromatic rings. The molecule has 0 saturated carbocycles.